The Morgan fingerprint density at radius 3 is 2.07 bits per heavy atom. The molecule has 28 heavy (non-hydrogen) atoms. The normalized spacial score (nSPS) is 11.6. The van der Waals surface area contributed by atoms with Gasteiger partial charge in [-0.3, -0.25) is 14.4 Å². The van der Waals surface area contributed by atoms with Gasteiger partial charge in [-0.25, -0.2) is 0 Å². The van der Waals surface area contributed by atoms with E-state index in [9.17, 15) is 14.4 Å². The van der Waals surface area contributed by atoms with Crippen LogP contribution in [0.4, 0.5) is 5.69 Å². The zero-order chi connectivity index (χ0) is 20.7. The highest BCUT2D eigenvalue weighted by molar-refractivity contribution is 5.98. The van der Waals surface area contributed by atoms with E-state index in [-0.39, 0.29) is 24.3 Å². The van der Waals surface area contributed by atoms with Crippen LogP contribution >= 0.6 is 0 Å². The van der Waals surface area contributed by atoms with E-state index in [0.717, 1.165) is 0 Å². The fraction of sp³-hybridized carbons (Fsp3) is 0.318. The Morgan fingerprint density at radius 2 is 1.54 bits per heavy atom. The molecule has 0 unspecified atom stereocenters. The van der Waals surface area contributed by atoms with Crippen LogP contribution in [0.1, 0.15) is 43.9 Å². The average Bonchev–Trinajstić information content (AvgIpc) is 2.67. The molecule has 0 fully saturated rings. The largest absolute Gasteiger partial charge is 0.347 e. The van der Waals surface area contributed by atoms with E-state index >= 15 is 0 Å². The highest BCUT2D eigenvalue weighted by Crippen LogP contribution is 2.23. The van der Waals surface area contributed by atoms with Gasteiger partial charge in [0, 0.05) is 19.7 Å². The summed E-state index contributed by atoms with van der Waals surface area (Å²) in [4.78, 5) is 37.9. The topological polar surface area (TPSA) is 78.5 Å². The van der Waals surface area contributed by atoms with Crippen LogP contribution in [0.2, 0.25) is 0 Å². The molecule has 0 aromatic heterocycles. The summed E-state index contributed by atoms with van der Waals surface area (Å²) in [6, 6.07) is 15.9. The highest BCUT2D eigenvalue weighted by atomic mass is 16.2. The first-order valence-corrected chi connectivity index (χ1v) is 9.25. The van der Waals surface area contributed by atoms with Gasteiger partial charge in [0.1, 0.15) is 6.04 Å². The van der Waals surface area contributed by atoms with Gasteiger partial charge in [0.05, 0.1) is 6.54 Å². The summed E-state index contributed by atoms with van der Waals surface area (Å²) in [5.74, 6) is -0.566. The zero-order valence-electron chi connectivity index (χ0n) is 16.7. The van der Waals surface area contributed by atoms with E-state index in [1.807, 2.05) is 42.5 Å². The highest BCUT2D eigenvalue weighted by Gasteiger charge is 2.28. The predicted molar refractivity (Wildman–Crippen MR) is 110 cm³/mol. The fourth-order valence-corrected chi connectivity index (χ4v) is 2.82. The Kier molecular flexibility index (Phi) is 7.32. The molecule has 0 saturated heterocycles. The summed E-state index contributed by atoms with van der Waals surface area (Å²) in [5.41, 5.74) is 2.54. The summed E-state index contributed by atoms with van der Waals surface area (Å²) in [6.07, 6.45) is 0. The minimum Gasteiger partial charge on any atom is -0.347 e. The number of anilines is 1. The zero-order valence-corrected chi connectivity index (χ0v) is 16.7. The number of carbonyl (C=O) groups is 3. The summed E-state index contributed by atoms with van der Waals surface area (Å²) < 4.78 is 0. The van der Waals surface area contributed by atoms with Crippen molar-refractivity contribution in [3.05, 3.63) is 65.7 Å². The Labute approximate surface area is 165 Å². The molecule has 2 N–H and O–H groups in total. The van der Waals surface area contributed by atoms with Crippen LogP contribution in [-0.4, -0.2) is 36.2 Å². The van der Waals surface area contributed by atoms with Crippen LogP contribution in [0.3, 0.4) is 0 Å². The van der Waals surface area contributed by atoms with Gasteiger partial charge in [-0.05, 0) is 29.2 Å². The fourth-order valence-electron chi connectivity index (χ4n) is 2.82. The van der Waals surface area contributed by atoms with Crippen molar-refractivity contribution in [3.8, 4) is 0 Å². The summed E-state index contributed by atoms with van der Waals surface area (Å²) in [6.45, 7) is 5.39. The first-order chi connectivity index (χ1) is 13.3. The minimum absolute atomic E-state index is 0.161. The predicted octanol–water partition coefficient (Wildman–Crippen LogP) is 3.08. The lowest BCUT2D eigenvalue weighted by Gasteiger charge is -2.28. The van der Waals surface area contributed by atoms with Gasteiger partial charge in [0.25, 0.3) is 5.91 Å². The second-order valence-corrected chi connectivity index (χ2v) is 6.99. The third kappa shape index (κ3) is 5.67. The Bertz CT molecular complexity index is 817. The third-order valence-corrected chi connectivity index (χ3v) is 4.48. The molecule has 0 aliphatic heterocycles. The molecule has 148 valence electrons. The molecule has 0 bridgehead atoms. The van der Waals surface area contributed by atoms with Gasteiger partial charge < -0.3 is 15.5 Å². The van der Waals surface area contributed by atoms with Crippen molar-refractivity contribution < 1.29 is 14.4 Å². The summed E-state index contributed by atoms with van der Waals surface area (Å²) in [7, 11) is 1.56. The number of benzene rings is 2. The summed E-state index contributed by atoms with van der Waals surface area (Å²) in [5, 5.41) is 5.36. The van der Waals surface area contributed by atoms with Crippen LogP contribution in [0.15, 0.2) is 54.6 Å². The van der Waals surface area contributed by atoms with E-state index in [1.54, 1.807) is 19.2 Å². The first kappa shape index (κ1) is 21.2. The molecular formula is C22H27N3O3. The molecule has 0 spiro atoms. The van der Waals surface area contributed by atoms with E-state index in [2.05, 4.69) is 24.5 Å². The molecule has 6 heteroatoms. The minimum atomic E-state index is -0.813. The molecule has 1 atom stereocenters. The number of likely N-dealkylation sites (N-methyl/N-ethyl adjacent to an activating group) is 1. The van der Waals surface area contributed by atoms with Crippen LogP contribution in [0, 0.1) is 0 Å². The number of hydrogen-bond donors (Lipinski definition) is 2. The quantitative estimate of drug-likeness (QED) is 0.774. The lowest BCUT2D eigenvalue weighted by molar-refractivity contribution is -0.137. The lowest BCUT2D eigenvalue weighted by atomic mass is 10.0. The number of nitrogens with one attached hydrogen (secondary N) is 2. The second kappa shape index (κ2) is 9.69. The maximum atomic E-state index is 13.0. The molecule has 0 heterocycles. The van der Waals surface area contributed by atoms with Gasteiger partial charge in [-0.1, -0.05) is 56.3 Å². The van der Waals surface area contributed by atoms with Gasteiger partial charge in [0.15, 0.2) is 0 Å². The lowest BCUT2D eigenvalue weighted by Crippen LogP contribution is -2.43. The van der Waals surface area contributed by atoms with Crippen LogP contribution in [0.5, 0.6) is 0 Å². The van der Waals surface area contributed by atoms with Crippen molar-refractivity contribution in [2.45, 2.75) is 32.7 Å². The molecule has 0 aliphatic carbocycles. The molecule has 0 radical (unpaired) electrons. The van der Waals surface area contributed by atoms with Crippen molar-refractivity contribution in [2.75, 3.05) is 18.9 Å². The Morgan fingerprint density at radius 1 is 0.929 bits per heavy atom. The van der Waals surface area contributed by atoms with Crippen LogP contribution in [-0.2, 0) is 14.4 Å². The van der Waals surface area contributed by atoms with Gasteiger partial charge in [-0.15, -0.1) is 0 Å². The molecule has 2 aromatic carbocycles. The van der Waals surface area contributed by atoms with Crippen LogP contribution < -0.4 is 10.6 Å². The number of nitrogens with zero attached hydrogens (tertiary/aromatic N) is 1. The van der Waals surface area contributed by atoms with E-state index in [0.29, 0.717) is 17.2 Å². The van der Waals surface area contributed by atoms with Crippen LogP contribution in [0.25, 0.3) is 0 Å². The van der Waals surface area contributed by atoms with Crippen molar-refractivity contribution in [3.63, 3.8) is 0 Å². The standard InChI is InChI=1S/C22H27N3O3/c1-15(2)17-10-12-19(13-11-17)24-22(28)21(18-8-6-5-7-9-18)25(4)20(27)14-23-16(3)26/h5-13,15,21H,14H2,1-4H3,(H,23,26)(H,24,28)/t21-/m1/s1. The molecule has 0 saturated carbocycles. The smallest absolute Gasteiger partial charge is 0.251 e. The molecule has 3 amide bonds. The first-order valence-electron chi connectivity index (χ1n) is 9.25. The van der Waals surface area contributed by atoms with E-state index < -0.39 is 6.04 Å². The van der Waals surface area contributed by atoms with Gasteiger partial charge >= 0.3 is 0 Å². The SMILES string of the molecule is CC(=O)NCC(=O)N(C)[C@@H](C(=O)Nc1ccc(C(C)C)cc1)c1ccccc1. The number of rotatable bonds is 7. The van der Waals surface area contributed by atoms with Crippen molar-refractivity contribution >= 4 is 23.4 Å². The number of amides is 3. The monoisotopic (exact) mass is 381 g/mol. The number of hydrogen-bond acceptors (Lipinski definition) is 3. The maximum Gasteiger partial charge on any atom is 0.251 e. The number of carbonyl (C=O) groups excluding carboxylic acids is 3. The summed E-state index contributed by atoms with van der Waals surface area (Å²) >= 11 is 0. The van der Waals surface area contributed by atoms with Crippen molar-refractivity contribution in [2.24, 2.45) is 0 Å². The maximum absolute atomic E-state index is 13.0. The molecule has 0 aliphatic rings. The molecular weight excluding hydrogens is 354 g/mol. The van der Waals surface area contributed by atoms with E-state index in [4.69, 9.17) is 0 Å². The molecule has 2 aromatic rings. The molecule has 6 nitrogen and oxygen atoms in total. The van der Waals surface area contributed by atoms with Gasteiger partial charge in [-0.2, -0.15) is 0 Å². The molecule has 2 rings (SSSR count). The second-order valence-electron chi connectivity index (χ2n) is 6.99. The van der Waals surface area contributed by atoms with Crippen molar-refractivity contribution in [1.82, 2.24) is 10.2 Å². The van der Waals surface area contributed by atoms with Gasteiger partial charge in [0.2, 0.25) is 11.8 Å². The Balaban J connectivity index is 2.22. The van der Waals surface area contributed by atoms with E-state index in [1.165, 1.54) is 17.4 Å². The third-order valence-electron chi connectivity index (χ3n) is 4.48. The average molecular weight is 381 g/mol. The Hall–Kier alpha value is -3.15. The van der Waals surface area contributed by atoms with Crippen molar-refractivity contribution in [1.29, 1.82) is 0 Å².